The van der Waals surface area contributed by atoms with Crippen LogP contribution in [-0.2, 0) is 11.3 Å². The van der Waals surface area contributed by atoms with Gasteiger partial charge in [0.25, 0.3) is 0 Å². The van der Waals surface area contributed by atoms with Crippen LogP contribution in [0.15, 0.2) is 27.4 Å². The van der Waals surface area contributed by atoms with Gasteiger partial charge in [-0.25, -0.2) is 0 Å². The van der Waals surface area contributed by atoms with Crippen LogP contribution in [0.5, 0.6) is 0 Å². The Labute approximate surface area is 114 Å². The fourth-order valence-electron chi connectivity index (χ4n) is 1.86. The van der Waals surface area contributed by atoms with Crippen LogP contribution < -0.4 is 5.73 Å². The number of nitrogens with two attached hydrogens (primary N) is 1. The predicted molar refractivity (Wildman–Crippen MR) is 71.3 cm³/mol. The lowest BCUT2D eigenvalue weighted by Gasteiger charge is -2.14. The number of rotatable bonds is 5. The van der Waals surface area contributed by atoms with E-state index in [2.05, 4.69) is 21.0 Å². The summed E-state index contributed by atoms with van der Waals surface area (Å²) in [6.45, 7) is 3.22. The summed E-state index contributed by atoms with van der Waals surface area (Å²) in [5.41, 5.74) is 8.18. The highest BCUT2D eigenvalue weighted by atomic mass is 79.9. The Bertz CT molecular complexity index is 521. The first-order chi connectivity index (χ1) is 8.65. The molecule has 0 aliphatic heterocycles. The number of nitrogens with zero attached hydrogens (tertiary/aromatic N) is 2. The Balaban J connectivity index is 2.32. The molecule has 2 aromatic heterocycles. The van der Waals surface area contributed by atoms with Gasteiger partial charge in [-0.3, -0.25) is 4.68 Å². The number of halogens is 1. The Morgan fingerprint density at radius 1 is 1.61 bits per heavy atom. The third kappa shape index (κ3) is 2.50. The molecular formula is C12H16BrN3O2. The van der Waals surface area contributed by atoms with Crippen molar-refractivity contribution in [1.82, 2.24) is 9.78 Å². The topological polar surface area (TPSA) is 66.2 Å². The van der Waals surface area contributed by atoms with E-state index in [0.29, 0.717) is 13.2 Å². The second-order valence-corrected chi connectivity index (χ2v) is 4.89. The Morgan fingerprint density at radius 3 is 3.00 bits per heavy atom. The Hall–Kier alpha value is -1.11. The molecule has 0 saturated heterocycles. The lowest BCUT2D eigenvalue weighted by atomic mass is 10.1. The van der Waals surface area contributed by atoms with Crippen molar-refractivity contribution in [2.24, 2.45) is 5.73 Å². The molecule has 98 valence electrons. The maximum atomic E-state index is 6.25. The molecule has 0 saturated carbocycles. The maximum Gasteiger partial charge on any atom is 0.129 e. The summed E-state index contributed by atoms with van der Waals surface area (Å²) >= 11 is 3.47. The van der Waals surface area contributed by atoms with Gasteiger partial charge in [-0.1, -0.05) is 0 Å². The summed E-state index contributed by atoms with van der Waals surface area (Å²) in [6, 6.07) is 1.56. The van der Waals surface area contributed by atoms with E-state index < -0.39 is 0 Å². The van der Waals surface area contributed by atoms with Crippen LogP contribution in [0, 0.1) is 6.92 Å². The van der Waals surface area contributed by atoms with Crippen LogP contribution in [0.2, 0.25) is 0 Å². The summed E-state index contributed by atoms with van der Waals surface area (Å²) in [4.78, 5) is 0. The number of aryl methyl sites for hydroxylation is 1. The second kappa shape index (κ2) is 5.69. The fourth-order valence-corrected chi connectivity index (χ4v) is 2.41. The smallest absolute Gasteiger partial charge is 0.129 e. The van der Waals surface area contributed by atoms with Crippen molar-refractivity contribution in [2.75, 3.05) is 13.7 Å². The monoisotopic (exact) mass is 313 g/mol. The normalized spacial score (nSPS) is 12.9. The largest absolute Gasteiger partial charge is 0.467 e. The molecule has 0 aromatic carbocycles. The van der Waals surface area contributed by atoms with E-state index in [1.165, 1.54) is 0 Å². The molecule has 0 bridgehead atoms. The highest BCUT2D eigenvalue weighted by molar-refractivity contribution is 9.10. The van der Waals surface area contributed by atoms with Gasteiger partial charge in [0.15, 0.2) is 0 Å². The molecule has 2 heterocycles. The highest BCUT2D eigenvalue weighted by Gasteiger charge is 2.22. The van der Waals surface area contributed by atoms with Gasteiger partial charge in [-0.15, -0.1) is 0 Å². The van der Waals surface area contributed by atoms with Crippen LogP contribution in [0.4, 0.5) is 0 Å². The highest BCUT2D eigenvalue weighted by Crippen LogP contribution is 2.28. The first-order valence-corrected chi connectivity index (χ1v) is 6.44. The summed E-state index contributed by atoms with van der Waals surface area (Å²) in [5.74, 6) is 0.759. The van der Waals surface area contributed by atoms with Gasteiger partial charge in [0.05, 0.1) is 35.8 Å². The van der Waals surface area contributed by atoms with Crippen LogP contribution in [-0.4, -0.2) is 23.5 Å². The molecule has 1 atom stereocenters. The van der Waals surface area contributed by atoms with Gasteiger partial charge in [0, 0.05) is 7.11 Å². The van der Waals surface area contributed by atoms with Crippen molar-refractivity contribution < 1.29 is 9.15 Å². The third-order valence-corrected chi connectivity index (χ3v) is 3.43. The number of hydrogen-bond acceptors (Lipinski definition) is 4. The average molecular weight is 314 g/mol. The van der Waals surface area contributed by atoms with Gasteiger partial charge in [-0.05, 0) is 34.5 Å². The first-order valence-electron chi connectivity index (χ1n) is 5.65. The van der Waals surface area contributed by atoms with Crippen molar-refractivity contribution in [3.05, 3.63) is 40.0 Å². The van der Waals surface area contributed by atoms with Crippen molar-refractivity contribution in [2.45, 2.75) is 19.5 Å². The minimum atomic E-state index is -0.339. The molecule has 0 radical (unpaired) electrons. The van der Waals surface area contributed by atoms with Crippen LogP contribution in [0.25, 0.3) is 0 Å². The van der Waals surface area contributed by atoms with Crippen molar-refractivity contribution in [3.63, 3.8) is 0 Å². The predicted octanol–water partition coefficient (Wildman–Crippen LogP) is 2.24. The SMILES string of the molecule is COCCn1ncc(Br)c1C(N)c1occc1C. The summed E-state index contributed by atoms with van der Waals surface area (Å²) in [5, 5.41) is 4.28. The molecule has 2 rings (SSSR count). The van der Waals surface area contributed by atoms with Gasteiger partial charge >= 0.3 is 0 Å². The summed E-state index contributed by atoms with van der Waals surface area (Å²) < 4.78 is 13.2. The molecular weight excluding hydrogens is 298 g/mol. The molecule has 0 fully saturated rings. The Kier molecular flexibility index (Phi) is 4.21. The first kappa shape index (κ1) is 13.3. The molecule has 5 nitrogen and oxygen atoms in total. The number of furan rings is 1. The van der Waals surface area contributed by atoms with E-state index in [1.54, 1.807) is 19.6 Å². The number of ether oxygens (including phenoxy) is 1. The van der Waals surface area contributed by atoms with Crippen LogP contribution >= 0.6 is 15.9 Å². The van der Waals surface area contributed by atoms with E-state index >= 15 is 0 Å². The molecule has 2 N–H and O–H groups in total. The third-order valence-electron chi connectivity index (χ3n) is 2.82. The molecule has 0 aliphatic rings. The van der Waals surface area contributed by atoms with E-state index in [-0.39, 0.29) is 6.04 Å². The molecule has 1 unspecified atom stereocenters. The van der Waals surface area contributed by atoms with E-state index in [1.807, 2.05) is 17.7 Å². The fraction of sp³-hybridized carbons (Fsp3) is 0.417. The van der Waals surface area contributed by atoms with Crippen LogP contribution in [0.1, 0.15) is 23.1 Å². The zero-order valence-electron chi connectivity index (χ0n) is 10.4. The summed E-state index contributed by atoms with van der Waals surface area (Å²) in [7, 11) is 1.66. The van der Waals surface area contributed by atoms with E-state index in [0.717, 1.165) is 21.5 Å². The maximum absolute atomic E-state index is 6.25. The van der Waals surface area contributed by atoms with Crippen LogP contribution in [0.3, 0.4) is 0 Å². The van der Waals surface area contributed by atoms with Crippen molar-refractivity contribution >= 4 is 15.9 Å². The second-order valence-electron chi connectivity index (χ2n) is 4.04. The molecule has 0 aliphatic carbocycles. The average Bonchev–Trinajstić information content (AvgIpc) is 2.92. The summed E-state index contributed by atoms with van der Waals surface area (Å²) in [6.07, 6.45) is 3.39. The van der Waals surface area contributed by atoms with Gasteiger partial charge in [-0.2, -0.15) is 5.10 Å². The molecule has 18 heavy (non-hydrogen) atoms. The van der Waals surface area contributed by atoms with Gasteiger partial charge in [0.2, 0.25) is 0 Å². The molecule has 2 aromatic rings. The molecule has 6 heteroatoms. The quantitative estimate of drug-likeness (QED) is 0.919. The molecule has 0 amide bonds. The minimum Gasteiger partial charge on any atom is -0.467 e. The van der Waals surface area contributed by atoms with Gasteiger partial charge < -0.3 is 14.9 Å². The lowest BCUT2D eigenvalue weighted by Crippen LogP contribution is -2.19. The number of hydrogen-bond donors (Lipinski definition) is 1. The number of aromatic nitrogens is 2. The van der Waals surface area contributed by atoms with E-state index in [9.17, 15) is 0 Å². The van der Waals surface area contributed by atoms with Crippen molar-refractivity contribution in [3.8, 4) is 0 Å². The minimum absolute atomic E-state index is 0.339. The zero-order chi connectivity index (χ0) is 13.1. The Morgan fingerprint density at radius 2 is 2.39 bits per heavy atom. The van der Waals surface area contributed by atoms with E-state index in [4.69, 9.17) is 14.9 Å². The lowest BCUT2D eigenvalue weighted by molar-refractivity contribution is 0.182. The zero-order valence-corrected chi connectivity index (χ0v) is 12.0. The number of methoxy groups -OCH3 is 1. The van der Waals surface area contributed by atoms with Crippen molar-refractivity contribution in [1.29, 1.82) is 0 Å². The standard InChI is InChI=1S/C12H16BrN3O2/c1-8-3-5-18-12(8)10(14)11-9(13)7-15-16(11)4-6-17-2/h3,5,7,10H,4,6,14H2,1-2H3. The van der Waals surface area contributed by atoms with Gasteiger partial charge in [0.1, 0.15) is 11.8 Å². The molecule has 0 spiro atoms.